The van der Waals surface area contributed by atoms with Crippen LogP contribution in [0.1, 0.15) is 16.1 Å². The van der Waals surface area contributed by atoms with Gasteiger partial charge in [0.1, 0.15) is 4.88 Å². The molecule has 2 aromatic rings. The quantitative estimate of drug-likeness (QED) is 0.837. The Bertz CT molecular complexity index is 655. The molecule has 1 aliphatic heterocycles. The lowest BCUT2D eigenvalue weighted by Crippen LogP contribution is -2.31. The van der Waals surface area contributed by atoms with Crippen molar-refractivity contribution in [3.8, 4) is 0 Å². The van der Waals surface area contributed by atoms with Gasteiger partial charge in [-0.3, -0.25) is 4.79 Å². The second kappa shape index (κ2) is 4.77. The van der Waals surface area contributed by atoms with Crippen molar-refractivity contribution in [1.82, 2.24) is 4.90 Å². The number of likely N-dealkylation sites (tertiary alicyclic amines) is 1. The topological polar surface area (TPSA) is 72.4 Å². The predicted molar refractivity (Wildman–Crippen MR) is 82.4 cm³/mol. The number of nitrogens with two attached hydrogens (primary N) is 2. The summed E-state index contributed by atoms with van der Waals surface area (Å²) in [6.07, 6.45) is 0.863. The Labute approximate surface area is 123 Å². The van der Waals surface area contributed by atoms with Crippen LogP contribution in [-0.2, 0) is 0 Å². The summed E-state index contributed by atoms with van der Waals surface area (Å²) in [4.78, 5) is 14.9. The number of halogens is 1. The summed E-state index contributed by atoms with van der Waals surface area (Å²) < 4.78 is 2.02. The lowest BCUT2D eigenvalue weighted by Gasteiger charge is -2.14. The summed E-state index contributed by atoms with van der Waals surface area (Å²) >= 11 is 4.88. The summed E-state index contributed by atoms with van der Waals surface area (Å²) in [5, 5.41) is 0.944. The number of thiophene rings is 1. The van der Waals surface area contributed by atoms with E-state index in [0.29, 0.717) is 17.1 Å². The van der Waals surface area contributed by atoms with Gasteiger partial charge in [-0.25, -0.2) is 0 Å². The molecular weight excluding hydrogens is 326 g/mol. The molecule has 3 rings (SSSR count). The largest absolute Gasteiger partial charge is 0.397 e. The Morgan fingerprint density at radius 3 is 2.95 bits per heavy atom. The Morgan fingerprint density at radius 2 is 2.26 bits per heavy atom. The predicted octanol–water partition coefficient (Wildman–Crippen LogP) is 2.42. The molecule has 0 saturated carbocycles. The fourth-order valence-corrected chi connectivity index (χ4v) is 4.01. The molecule has 4 N–H and O–H groups in total. The first-order valence-corrected chi connectivity index (χ1v) is 7.69. The van der Waals surface area contributed by atoms with Crippen LogP contribution in [0, 0.1) is 0 Å². The van der Waals surface area contributed by atoms with Crippen molar-refractivity contribution in [3.05, 3.63) is 27.5 Å². The highest BCUT2D eigenvalue weighted by atomic mass is 79.9. The maximum Gasteiger partial charge on any atom is 0.266 e. The van der Waals surface area contributed by atoms with Crippen LogP contribution in [-0.4, -0.2) is 29.9 Å². The van der Waals surface area contributed by atoms with E-state index in [0.717, 1.165) is 27.5 Å². The monoisotopic (exact) mass is 339 g/mol. The van der Waals surface area contributed by atoms with Gasteiger partial charge in [-0.15, -0.1) is 11.3 Å². The van der Waals surface area contributed by atoms with Gasteiger partial charge in [0.2, 0.25) is 0 Å². The third kappa shape index (κ3) is 2.24. The highest BCUT2D eigenvalue weighted by Gasteiger charge is 2.27. The molecule has 1 amide bonds. The van der Waals surface area contributed by atoms with Crippen molar-refractivity contribution >= 4 is 48.9 Å². The molecule has 1 aliphatic rings. The second-order valence-corrected chi connectivity index (χ2v) is 6.75. The number of nitrogens with zero attached hydrogens (tertiary/aromatic N) is 1. The van der Waals surface area contributed by atoms with E-state index >= 15 is 0 Å². The minimum atomic E-state index is 0.00257. The van der Waals surface area contributed by atoms with E-state index in [1.807, 2.05) is 18.2 Å². The number of benzene rings is 1. The van der Waals surface area contributed by atoms with Crippen LogP contribution in [0.15, 0.2) is 22.7 Å². The molecule has 1 unspecified atom stereocenters. The third-order valence-electron chi connectivity index (χ3n) is 3.40. The summed E-state index contributed by atoms with van der Waals surface area (Å²) in [6, 6.07) is 5.96. The zero-order chi connectivity index (χ0) is 13.6. The molecule has 4 nitrogen and oxygen atoms in total. The molecule has 0 bridgehead atoms. The fourth-order valence-electron chi connectivity index (χ4n) is 2.36. The number of fused-ring (bicyclic) bond motifs is 1. The van der Waals surface area contributed by atoms with Crippen LogP contribution in [0.5, 0.6) is 0 Å². The van der Waals surface area contributed by atoms with Crippen molar-refractivity contribution in [2.45, 2.75) is 12.5 Å². The molecule has 1 saturated heterocycles. The highest BCUT2D eigenvalue weighted by Crippen LogP contribution is 2.36. The lowest BCUT2D eigenvalue weighted by molar-refractivity contribution is 0.0796. The molecule has 1 aromatic carbocycles. The van der Waals surface area contributed by atoms with E-state index < -0.39 is 0 Å². The van der Waals surface area contributed by atoms with Crippen LogP contribution in [0.2, 0.25) is 0 Å². The van der Waals surface area contributed by atoms with Gasteiger partial charge in [0.05, 0.1) is 5.69 Å². The number of hydrogen-bond donors (Lipinski definition) is 2. The number of amides is 1. The first-order valence-electron chi connectivity index (χ1n) is 6.08. The molecule has 0 aliphatic carbocycles. The molecular formula is C13H14BrN3OS. The SMILES string of the molecule is Nc1c(C(=O)N2CCC(N)C2)sc2cc(Br)ccc12. The van der Waals surface area contributed by atoms with E-state index in [1.54, 1.807) is 4.90 Å². The van der Waals surface area contributed by atoms with Crippen LogP contribution in [0.3, 0.4) is 0 Å². The van der Waals surface area contributed by atoms with Gasteiger partial charge in [0.15, 0.2) is 0 Å². The highest BCUT2D eigenvalue weighted by molar-refractivity contribution is 9.10. The van der Waals surface area contributed by atoms with Gasteiger partial charge in [-0.05, 0) is 18.6 Å². The molecule has 100 valence electrons. The minimum Gasteiger partial charge on any atom is -0.397 e. The Kier molecular flexibility index (Phi) is 3.24. The van der Waals surface area contributed by atoms with Gasteiger partial charge < -0.3 is 16.4 Å². The summed E-state index contributed by atoms with van der Waals surface area (Å²) in [6.45, 7) is 1.34. The maximum absolute atomic E-state index is 12.5. The minimum absolute atomic E-state index is 0.00257. The molecule has 6 heteroatoms. The molecule has 0 radical (unpaired) electrons. The van der Waals surface area contributed by atoms with Gasteiger partial charge in [0, 0.05) is 33.7 Å². The van der Waals surface area contributed by atoms with Gasteiger partial charge in [0.25, 0.3) is 5.91 Å². The van der Waals surface area contributed by atoms with Crippen LogP contribution >= 0.6 is 27.3 Å². The van der Waals surface area contributed by atoms with E-state index in [4.69, 9.17) is 11.5 Å². The number of carbonyl (C=O) groups is 1. The Hall–Kier alpha value is -1.11. The molecule has 19 heavy (non-hydrogen) atoms. The lowest BCUT2D eigenvalue weighted by atomic mass is 10.2. The Balaban J connectivity index is 2.00. The van der Waals surface area contributed by atoms with E-state index in [9.17, 15) is 4.79 Å². The summed E-state index contributed by atoms with van der Waals surface area (Å²) in [5.41, 5.74) is 12.5. The fraction of sp³-hybridized carbons (Fsp3) is 0.308. The van der Waals surface area contributed by atoms with Crippen molar-refractivity contribution in [2.24, 2.45) is 5.73 Å². The maximum atomic E-state index is 12.5. The molecule has 1 aromatic heterocycles. The van der Waals surface area contributed by atoms with E-state index in [1.165, 1.54) is 11.3 Å². The van der Waals surface area contributed by atoms with Crippen molar-refractivity contribution in [1.29, 1.82) is 0 Å². The van der Waals surface area contributed by atoms with Crippen LogP contribution in [0.25, 0.3) is 10.1 Å². The molecule has 1 fully saturated rings. The first-order chi connectivity index (χ1) is 9.06. The zero-order valence-electron chi connectivity index (χ0n) is 10.2. The third-order valence-corrected chi connectivity index (χ3v) is 5.05. The number of nitrogen functional groups attached to an aromatic ring is 1. The molecule has 2 heterocycles. The molecule has 0 spiro atoms. The van der Waals surface area contributed by atoms with Crippen molar-refractivity contribution in [2.75, 3.05) is 18.8 Å². The van der Waals surface area contributed by atoms with Crippen LogP contribution < -0.4 is 11.5 Å². The van der Waals surface area contributed by atoms with Gasteiger partial charge in [-0.2, -0.15) is 0 Å². The van der Waals surface area contributed by atoms with Gasteiger partial charge >= 0.3 is 0 Å². The van der Waals surface area contributed by atoms with Crippen LogP contribution in [0.4, 0.5) is 5.69 Å². The number of carbonyl (C=O) groups excluding carboxylic acids is 1. The molecule has 1 atom stereocenters. The van der Waals surface area contributed by atoms with E-state index in [2.05, 4.69) is 15.9 Å². The van der Waals surface area contributed by atoms with Gasteiger partial charge in [-0.1, -0.05) is 22.0 Å². The average molecular weight is 340 g/mol. The van der Waals surface area contributed by atoms with Crippen molar-refractivity contribution in [3.63, 3.8) is 0 Å². The summed E-state index contributed by atoms with van der Waals surface area (Å²) in [5.74, 6) is 0.00257. The summed E-state index contributed by atoms with van der Waals surface area (Å²) in [7, 11) is 0. The smallest absolute Gasteiger partial charge is 0.266 e. The second-order valence-electron chi connectivity index (χ2n) is 4.79. The zero-order valence-corrected chi connectivity index (χ0v) is 12.6. The van der Waals surface area contributed by atoms with E-state index in [-0.39, 0.29) is 11.9 Å². The normalized spacial score (nSPS) is 19.3. The number of anilines is 1. The first kappa shape index (κ1) is 12.9. The van der Waals surface area contributed by atoms with Crippen molar-refractivity contribution < 1.29 is 4.79 Å². The standard InChI is InChI=1S/C13H14BrN3OS/c14-7-1-2-9-10(5-7)19-12(11(9)16)13(18)17-4-3-8(15)6-17/h1-2,5,8H,3-4,6,15-16H2. The number of rotatable bonds is 1. The number of hydrogen-bond acceptors (Lipinski definition) is 4. The average Bonchev–Trinajstić information content (AvgIpc) is 2.93. The Morgan fingerprint density at radius 1 is 1.47 bits per heavy atom.